The van der Waals surface area contributed by atoms with Gasteiger partial charge in [-0.15, -0.1) is 0 Å². The van der Waals surface area contributed by atoms with E-state index in [-0.39, 0.29) is 12.4 Å². The van der Waals surface area contributed by atoms with Gasteiger partial charge in [-0.3, -0.25) is 4.31 Å². The van der Waals surface area contributed by atoms with Gasteiger partial charge in [-0.2, -0.15) is 0 Å². The van der Waals surface area contributed by atoms with Gasteiger partial charge in [0.1, 0.15) is 5.75 Å². The second-order valence-electron chi connectivity index (χ2n) is 4.22. The van der Waals surface area contributed by atoms with Gasteiger partial charge in [-0.1, -0.05) is 0 Å². The Bertz CT molecular complexity index is 488. The fraction of sp³-hybridized carbons (Fsp3) is 0.538. The summed E-state index contributed by atoms with van der Waals surface area (Å²) in [6, 6.07) is 6.91. The fourth-order valence-electron chi connectivity index (χ4n) is 1.71. The van der Waals surface area contributed by atoms with Crippen LogP contribution in [0.5, 0.6) is 5.75 Å². The molecule has 1 aromatic rings. The first kappa shape index (κ1) is 16.7. The molecular formula is C13H22N2O4S. The molecule has 0 fully saturated rings. The highest BCUT2D eigenvalue weighted by Gasteiger charge is 2.21. The van der Waals surface area contributed by atoms with Gasteiger partial charge >= 0.3 is 0 Å². The molecule has 0 radical (unpaired) electrons. The molecule has 2 N–H and O–H groups in total. The Hall–Kier alpha value is -1.31. The molecule has 0 unspecified atom stereocenters. The molecule has 0 aliphatic heterocycles. The van der Waals surface area contributed by atoms with E-state index >= 15 is 0 Å². The molecular weight excluding hydrogens is 280 g/mol. The van der Waals surface area contributed by atoms with Gasteiger partial charge < -0.3 is 15.2 Å². The molecule has 1 rings (SSSR count). The van der Waals surface area contributed by atoms with Gasteiger partial charge in [0, 0.05) is 13.7 Å². The summed E-state index contributed by atoms with van der Waals surface area (Å²) >= 11 is 0. The Morgan fingerprint density at radius 2 is 1.85 bits per heavy atom. The number of nitrogens with zero attached hydrogens (tertiary/aromatic N) is 1. The molecule has 0 spiro atoms. The maximum Gasteiger partial charge on any atom is 0.237 e. The quantitative estimate of drug-likeness (QED) is 0.730. The summed E-state index contributed by atoms with van der Waals surface area (Å²) in [6.07, 6.45) is 0.595. The monoisotopic (exact) mass is 302 g/mol. The molecule has 0 atom stereocenters. The number of nitrogens with two attached hydrogens (primary N) is 1. The van der Waals surface area contributed by atoms with Crippen molar-refractivity contribution in [3.05, 3.63) is 24.3 Å². The lowest BCUT2D eigenvalue weighted by Gasteiger charge is -2.24. The third-order valence-corrected chi connectivity index (χ3v) is 4.55. The highest BCUT2D eigenvalue weighted by atomic mass is 32.2. The number of sulfonamides is 1. The summed E-state index contributed by atoms with van der Waals surface area (Å²) in [7, 11) is -0.372. The first-order valence-corrected chi connectivity index (χ1v) is 7.99. The van der Waals surface area contributed by atoms with Crippen molar-refractivity contribution in [3.63, 3.8) is 0 Å². The lowest BCUT2D eigenvalue weighted by Crippen LogP contribution is -2.36. The molecule has 0 saturated carbocycles. The van der Waals surface area contributed by atoms with E-state index in [2.05, 4.69) is 0 Å². The summed E-state index contributed by atoms with van der Waals surface area (Å²) in [5.74, 6) is 0.627. The Labute approximate surface area is 120 Å². The summed E-state index contributed by atoms with van der Waals surface area (Å²) < 4.78 is 35.9. The number of methoxy groups -OCH3 is 2. The largest absolute Gasteiger partial charge is 0.497 e. The van der Waals surface area contributed by atoms with Crippen LogP contribution in [0.2, 0.25) is 0 Å². The third kappa shape index (κ3) is 4.66. The number of benzene rings is 1. The normalized spacial score (nSPS) is 11.3. The Kier molecular flexibility index (Phi) is 6.77. The predicted molar refractivity (Wildman–Crippen MR) is 79.7 cm³/mol. The van der Waals surface area contributed by atoms with E-state index in [1.165, 1.54) is 11.4 Å². The van der Waals surface area contributed by atoms with Gasteiger partial charge in [0.25, 0.3) is 0 Å². The van der Waals surface area contributed by atoms with Gasteiger partial charge in [0.15, 0.2) is 0 Å². The van der Waals surface area contributed by atoms with Gasteiger partial charge in [-0.25, -0.2) is 8.42 Å². The second-order valence-corrected chi connectivity index (χ2v) is 6.23. The summed E-state index contributed by atoms with van der Waals surface area (Å²) in [6.45, 7) is 0.957. The average Bonchev–Trinajstić information content (AvgIpc) is 2.46. The van der Waals surface area contributed by atoms with E-state index in [0.717, 1.165) is 0 Å². The summed E-state index contributed by atoms with van der Waals surface area (Å²) in [5.41, 5.74) is 6.08. The molecule has 0 aliphatic carbocycles. The van der Waals surface area contributed by atoms with Crippen LogP contribution in [0.1, 0.15) is 6.42 Å². The Balaban J connectivity index is 2.97. The van der Waals surface area contributed by atoms with Crippen LogP contribution in [0.15, 0.2) is 24.3 Å². The number of rotatable bonds is 9. The first-order chi connectivity index (χ1) is 9.55. The zero-order valence-corrected chi connectivity index (χ0v) is 12.7. The SMILES string of the molecule is COCCS(=O)(=O)N(CCCN)c1ccc(OC)cc1. The van der Waals surface area contributed by atoms with Crippen molar-refractivity contribution in [1.82, 2.24) is 0 Å². The van der Waals surface area contributed by atoms with Crippen LogP contribution < -0.4 is 14.8 Å². The minimum atomic E-state index is -3.42. The standard InChI is InChI=1S/C13H22N2O4S/c1-18-10-11-20(16,17)15(9-3-8-14)12-4-6-13(19-2)7-5-12/h4-7H,3,8-11,14H2,1-2H3. The minimum Gasteiger partial charge on any atom is -0.497 e. The Morgan fingerprint density at radius 1 is 1.20 bits per heavy atom. The van der Waals surface area contributed by atoms with Crippen molar-refractivity contribution in [2.45, 2.75) is 6.42 Å². The molecule has 0 saturated heterocycles. The van der Waals surface area contributed by atoms with E-state index in [9.17, 15) is 8.42 Å². The highest BCUT2D eigenvalue weighted by molar-refractivity contribution is 7.92. The van der Waals surface area contributed by atoms with E-state index < -0.39 is 10.0 Å². The van der Waals surface area contributed by atoms with Crippen LogP contribution in [0.25, 0.3) is 0 Å². The number of anilines is 1. The van der Waals surface area contributed by atoms with Crippen LogP contribution in [0, 0.1) is 0 Å². The molecule has 0 aromatic heterocycles. The van der Waals surface area contributed by atoms with Crippen molar-refractivity contribution >= 4 is 15.7 Å². The van der Waals surface area contributed by atoms with Crippen LogP contribution in [0.4, 0.5) is 5.69 Å². The third-order valence-electron chi connectivity index (χ3n) is 2.81. The van der Waals surface area contributed by atoms with E-state index in [0.29, 0.717) is 30.9 Å². The summed E-state index contributed by atoms with van der Waals surface area (Å²) in [5, 5.41) is 0. The van der Waals surface area contributed by atoms with Crippen LogP contribution in [-0.4, -0.2) is 48.1 Å². The summed E-state index contributed by atoms with van der Waals surface area (Å²) in [4.78, 5) is 0. The van der Waals surface area contributed by atoms with Crippen molar-refractivity contribution in [3.8, 4) is 5.75 Å². The smallest absolute Gasteiger partial charge is 0.237 e. The Morgan fingerprint density at radius 3 is 2.35 bits per heavy atom. The van der Waals surface area contributed by atoms with Crippen molar-refractivity contribution < 1.29 is 17.9 Å². The molecule has 20 heavy (non-hydrogen) atoms. The average molecular weight is 302 g/mol. The lowest BCUT2D eigenvalue weighted by molar-refractivity contribution is 0.217. The van der Waals surface area contributed by atoms with Crippen molar-refractivity contribution in [2.75, 3.05) is 44.0 Å². The molecule has 6 nitrogen and oxygen atoms in total. The zero-order chi connectivity index (χ0) is 15.0. The van der Waals surface area contributed by atoms with Gasteiger partial charge in [-0.05, 0) is 37.2 Å². The van der Waals surface area contributed by atoms with Gasteiger partial charge in [0.2, 0.25) is 10.0 Å². The van der Waals surface area contributed by atoms with Crippen molar-refractivity contribution in [1.29, 1.82) is 0 Å². The predicted octanol–water partition coefficient (Wildman–Crippen LogP) is 0.827. The van der Waals surface area contributed by atoms with Crippen LogP contribution >= 0.6 is 0 Å². The maximum absolute atomic E-state index is 12.3. The fourth-order valence-corrected chi connectivity index (χ4v) is 3.16. The topological polar surface area (TPSA) is 81.9 Å². The van der Waals surface area contributed by atoms with Crippen molar-refractivity contribution in [2.24, 2.45) is 5.73 Å². The molecule has 7 heteroatoms. The molecule has 0 amide bonds. The molecule has 0 bridgehead atoms. The molecule has 1 aromatic carbocycles. The maximum atomic E-state index is 12.3. The number of hydrogen-bond acceptors (Lipinski definition) is 5. The number of hydrogen-bond donors (Lipinski definition) is 1. The van der Waals surface area contributed by atoms with E-state index in [1.807, 2.05) is 0 Å². The van der Waals surface area contributed by atoms with E-state index in [4.69, 9.17) is 15.2 Å². The second kappa shape index (κ2) is 8.08. The molecule has 0 aliphatic rings. The van der Waals surface area contributed by atoms with E-state index in [1.54, 1.807) is 31.4 Å². The minimum absolute atomic E-state index is 0.0555. The van der Waals surface area contributed by atoms with Crippen LogP contribution in [-0.2, 0) is 14.8 Å². The number of ether oxygens (including phenoxy) is 2. The lowest BCUT2D eigenvalue weighted by atomic mass is 10.3. The van der Waals surface area contributed by atoms with Crippen LogP contribution in [0.3, 0.4) is 0 Å². The zero-order valence-electron chi connectivity index (χ0n) is 11.9. The first-order valence-electron chi connectivity index (χ1n) is 6.38. The molecule has 0 heterocycles. The highest BCUT2D eigenvalue weighted by Crippen LogP contribution is 2.22. The molecule has 114 valence electrons. The van der Waals surface area contributed by atoms with Gasteiger partial charge in [0.05, 0.1) is 25.2 Å².